The first-order valence-corrected chi connectivity index (χ1v) is 7.97. The molecular formula is C18H20N2. The predicted molar refractivity (Wildman–Crippen MR) is 80.2 cm³/mol. The van der Waals surface area contributed by atoms with Gasteiger partial charge in [-0.2, -0.15) is 0 Å². The molecular weight excluding hydrogens is 244 g/mol. The van der Waals surface area contributed by atoms with Crippen molar-refractivity contribution in [3.8, 4) is 0 Å². The molecule has 2 heteroatoms. The molecule has 3 aliphatic rings. The number of nitrogens with one attached hydrogen (secondary N) is 1. The van der Waals surface area contributed by atoms with Crippen LogP contribution in [0.5, 0.6) is 0 Å². The highest BCUT2D eigenvalue weighted by Crippen LogP contribution is 2.65. The highest BCUT2D eigenvalue weighted by molar-refractivity contribution is 5.84. The molecule has 4 unspecified atom stereocenters. The molecule has 1 N–H and O–H groups in total. The summed E-state index contributed by atoms with van der Waals surface area (Å²) in [4.78, 5) is 4.22. The van der Waals surface area contributed by atoms with E-state index in [0.29, 0.717) is 0 Å². The average Bonchev–Trinajstić information content (AvgIpc) is 2.88. The first-order valence-electron chi connectivity index (χ1n) is 7.97. The first-order chi connectivity index (χ1) is 9.92. The minimum absolute atomic E-state index is 0.818. The fourth-order valence-electron chi connectivity index (χ4n) is 5.17. The van der Waals surface area contributed by atoms with Crippen molar-refractivity contribution in [3.05, 3.63) is 42.2 Å². The third-order valence-electron chi connectivity index (χ3n) is 6.03. The predicted octanol–water partition coefficient (Wildman–Crippen LogP) is 3.37. The van der Waals surface area contributed by atoms with Crippen molar-refractivity contribution >= 4 is 10.8 Å². The van der Waals surface area contributed by atoms with Gasteiger partial charge in [-0.15, -0.1) is 0 Å². The molecule has 2 nitrogen and oxygen atoms in total. The highest BCUT2D eigenvalue weighted by atomic mass is 15.0. The second-order valence-corrected chi connectivity index (χ2v) is 6.91. The molecule has 4 atom stereocenters. The van der Waals surface area contributed by atoms with Crippen LogP contribution in [0, 0.1) is 23.7 Å². The molecule has 1 aromatic carbocycles. The largest absolute Gasteiger partial charge is 0.309 e. The van der Waals surface area contributed by atoms with Gasteiger partial charge in [0.25, 0.3) is 0 Å². The summed E-state index contributed by atoms with van der Waals surface area (Å²) in [5, 5.41) is 6.45. The molecule has 20 heavy (non-hydrogen) atoms. The van der Waals surface area contributed by atoms with Crippen molar-refractivity contribution in [2.24, 2.45) is 23.7 Å². The van der Waals surface area contributed by atoms with E-state index in [2.05, 4.69) is 34.6 Å². The number of nitrogens with zero attached hydrogens (tertiary/aromatic N) is 1. The molecule has 1 aromatic heterocycles. The SMILES string of the molecule is c1cc(CNC2C3C4CCC(C4)C23)c2ccncc2c1. The number of hydrogen-bond acceptors (Lipinski definition) is 2. The number of hydrogen-bond donors (Lipinski definition) is 1. The molecule has 3 saturated carbocycles. The molecule has 0 amide bonds. The Balaban J connectivity index is 1.35. The van der Waals surface area contributed by atoms with Crippen LogP contribution in [0.1, 0.15) is 24.8 Å². The summed E-state index contributed by atoms with van der Waals surface area (Å²) >= 11 is 0. The topological polar surface area (TPSA) is 24.9 Å². The summed E-state index contributed by atoms with van der Waals surface area (Å²) in [5.41, 5.74) is 1.42. The Morgan fingerprint density at radius 3 is 2.80 bits per heavy atom. The molecule has 0 saturated heterocycles. The third kappa shape index (κ3) is 1.51. The molecule has 0 spiro atoms. The standard InChI is InChI=1S/C18H20N2/c1-2-13-9-19-7-6-15(13)14(3-1)10-20-18-16-11-4-5-12(8-11)17(16)18/h1-3,6-7,9,11-12,16-18,20H,4-5,8,10H2. The Hall–Kier alpha value is -1.41. The molecule has 102 valence electrons. The average molecular weight is 264 g/mol. The van der Waals surface area contributed by atoms with Crippen LogP contribution in [0.15, 0.2) is 36.7 Å². The Labute approximate surface area is 119 Å². The molecule has 3 fully saturated rings. The maximum atomic E-state index is 4.22. The van der Waals surface area contributed by atoms with E-state index in [1.54, 1.807) is 0 Å². The van der Waals surface area contributed by atoms with Crippen molar-refractivity contribution in [2.45, 2.75) is 31.8 Å². The van der Waals surface area contributed by atoms with Crippen molar-refractivity contribution in [2.75, 3.05) is 0 Å². The van der Waals surface area contributed by atoms with Crippen molar-refractivity contribution in [3.63, 3.8) is 0 Å². The van der Waals surface area contributed by atoms with Gasteiger partial charge in [0.15, 0.2) is 0 Å². The fraction of sp³-hybridized carbons (Fsp3) is 0.500. The van der Waals surface area contributed by atoms with Gasteiger partial charge in [-0.3, -0.25) is 4.98 Å². The summed E-state index contributed by atoms with van der Waals surface area (Å²) in [6.45, 7) is 1.01. The van der Waals surface area contributed by atoms with E-state index in [9.17, 15) is 0 Å². The Morgan fingerprint density at radius 2 is 1.95 bits per heavy atom. The van der Waals surface area contributed by atoms with E-state index >= 15 is 0 Å². The van der Waals surface area contributed by atoms with E-state index in [0.717, 1.165) is 36.3 Å². The van der Waals surface area contributed by atoms with Gasteiger partial charge in [-0.05, 0) is 60.0 Å². The van der Waals surface area contributed by atoms with Crippen LogP contribution in [0.2, 0.25) is 0 Å². The van der Waals surface area contributed by atoms with Crippen LogP contribution in [0.4, 0.5) is 0 Å². The lowest BCUT2D eigenvalue weighted by Gasteiger charge is -2.12. The molecule has 5 rings (SSSR count). The van der Waals surface area contributed by atoms with Gasteiger partial charge in [-0.1, -0.05) is 18.2 Å². The van der Waals surface area contributed by atoms with Crippen LogP contribution >= 0.6 is 0 Å². The fourth-order valence-corrected chi connectivity index (χ4v) is 5.17. The molecule has 0 aliphatic heterocycles. The van der Waals surface area contributed by atoms with Gasteiger partial charge in [-0.25, -0.2) is 0 Å². The quantitative estimate of drug-likeness (QED) is 0.919. The normalized spacial score (nSPS) is 37.3. The second-order valence-electron chi connectivity index (χ2n) is 6.91. The summed E-state index contributed by atoms with van der Waals surface area (Å²) in [7, 11) is 0. The van der Waals surface area contributed by atoms with Crippen LogP contribution in [0.3, 0.4) is 0 Å². The monoisotopic (exact) mass is 264 g/mol. The van der Waals surface area contributed by atoms with Crippen molar-refractivity contribution in [1.29, 1.82) is 0 Å². The van der Waals surface area contributed by atoms with Gasteiger partial charge >= 0.3 is 0 Å². The number of pyridine rings is 1. The summed E-state index contributed by atoms with van der Waals surface area (Å²) in [6, 6.07) is 9.51. The highest BCUT2D eigenvalue weighted by Gasteiger charge is 2.64. The molecule has 3 aliphatic carbocycles. The Morgan fingerprint density at radius 1 is 1.10 bits per heavy atom. The maximum absolute atomic E-state index is 4.22. The van der Waals surface area contributed by atoms with E-state index in [4.69, 9.17) is 0 Å². The van der Waals surface area contributed by atoms with Crippen molar-refractivity contribution in [1.82, 2.24) is 10.3 Å². The van der Waals surface area contributed by atoms with Crippen molar-refractivity contribution < 1.29 is 0 Å². The lowest BCUT2D eigenvalue weighted by molar-refractivity contribution is 0.456. The lowest BCUT2D eigenvalue weighted by Crippen LogP contribution is -2.22. The summed E-state index contributed by atoms with van der Waals surface area (Å²) < 4.78 is 0. The first kappa shape index (κ1) is 11.3. The number of fused-ring (bicyclic) bond motifs is 6. The molecule has 2 aromatic rings. The van der Waals surface area contributed by atoms with E-state index in [1.807, 2.05) is 12.4 Å². The van der Waals surface area contributed by atoms with Gasteiger partial charge < -0.3 is 5.32 Å². The maximum Gasteiger partial charge on any atom is 0.0346 e. The minimum atomic E-state index is 0.818. The van der Waals surface area contributed by atoms with E-state index < -0.39 is 0 Å². The van der Waals surface area contributed by atoms with E-state index in [-0.39, 0.29) is 0 Å². The number of rotatable bonds is 3. The summed E-state index contributed by atoms with van der Waals surface area (Å²) in [5.74, 6) is 4.15. The van der Waals surface area contributed by atoms with Crippen LogP contribution in [0.25, 0.3) is 10.8 Å². The Bertz CT molecular complexity index is 644. The van der Waals surface area contributed by atoms with Gasteiger partial charge in [0.05, 0.1) is 0 Å². The third-order valence-corrected chi connectivity index (χ3v) is 6.03. The van der Waals surface area contributed by atoms with Crippen LogP contribution in [-0.4, -0.2) is 11.0 Å². The molecule has 0 radical (unpaired) electrons. The smallest absolute Gasteiger partial charge is 0.0346 e. The minimum Gasteiger partial charge on any atom is -0.309 e. The van der Waals surface area contributed by atoms with E-state index in [1.165, 1.54) is 35.6 Å². The number of aromatic nitrogens is 1. The Kier molecular flexibility index (Phi) is 2.28. The zero-order chi connectivity index (χ0) is 13.1. The molecule has 1 heterocycles. The van der Waals surface area contributed by atoms with Crippen LogP contribution in [-0.2, 0) is 6.54 Å². The zero-order valence-corrected chi connectivity index (χ0v) is 11.6. The lowest BCUT2D eigenvalue weighted by atomic mass is 10.0. The number of benzene rings is 1. The second kappa shape index (κ2) is 4.05. The van der Waals surface area contributed by atoms with Crippen LogP contribution < -0.4 is 5.32 Å². The van der Waals surface area contributed by atoms with Gasteiger partial charge in [0.1, 0.15) is 0 Å². The zero-order valence-electron chi connectivity index (χ0n) is 11.6. The van der Waals surface area contributed by atoms with Gasteiger partial charge in [0, 0.05) is 30.4 Å². The molecule has 2 bridgehead atoms. The summed E-state index contributed by atoms with van der Waals surface area (Å²) in [6.07, 6.45) is 8.41. The van der Waals surface area contributed by atoms with Gasteiger partial charge in [0.2, 0.25) is 0 Å².